The van der Waals surface area contributed by atoms with Gasteiger partial charge in [-0.25, -0.2) is 0 Å². The Hall–Kier alpha value is -1.36. The molecule has 5 rings (SSSR count). The van der Waals surface area contributed by atoms with Gasteiger partial charge in [0.05, 0.1) is 6.10 Å². The number of carbonyl (C=O) groups excluding carboxylic acids is 2. The molecule has 9 atom stereocenters. The lowest BCUT2D eigenvalue weighted by Crippen LogP contribution is -2.55. The van der Waals surface area contributed by atoms with Crippen LogP contribution in [0.25, 0.3) is 0 Å². The number of piperazine rings is 1. The molecule has 0 unspecified atom stereocenters. The summed E-state index contributed by atoms with van der Waals surface area (Å²) in [7, 11) is 0. The third kappa shape index (κ3) is 4.70. The first-order valence-corrected chi connectivity index (χ1v) is 15.5. The quantitative estimate of drug-likeness (QED) is 0.473. The van der Waals surface area contributed by atoms with E-state index in [0.29, 0.717) is 49.2 Å². The fraction of sp³-hybridized carbons (Fsp3) is 0.875. The molecule has 4 fully saturated rings. The lowest BCUT2D eigenvalue weighted by atomic mass is 9.47. The topological polar surface area (TPSA) is 60.9 Å². The SMILES string of the molecule is CCC(=O)N1CCN(C(=O)CC[C@@H](C)[C@H]2CC[C@H]3[C@@H]4CC=C5C[C@@H](O)CC[C@]5(C)[C@H]4CC[C@]23C)C[C@@H]1C. The van der Waals surface area contributed by atoms with Crippen molar-refractivity contribution in [3.8, 4) is 0 Å². The zero-order chi connectivity index (χ0) is 26.5. The second-order valence-corrected chi connectivity index (χ2v) is 14.0. The van der Waals surface area contributed by atoms with E-state index in [1.165, 1.54) is 32.1 Å². The van der Waals surface area contributed by atoms with Gasteiger partial charge in [-0.2, -0.15) is 0 Å². The minimum Gasteiger partial charge on any atom is -0.393 e. The van der Waals surface area contributed by atoms with Crippen LogP contribution in [0.4, 0.5) is 0 Å². The van der Waals surface area contributed by atoms with Gasteiger partial charge >= 0.3 is 0 Å². The van der Waals surface area contributed by atoms with Crippen LogP contribution in [0.5, 0.6) is 0 Å². The minimum absolute atomic E-state index is 0.117. The van der Waals surface area contributed by atoms with Crippen LogP contribution in [0.3, 0.4) is 0 Å². The van der Waals surface area contributed by atoms with Crippen LogP contribution >= 0.6 is 0 Å². The Morgan fingerprint density at radius 2 is 1.86 bits per heavy atom. The van der Waals surface area contributed by atoms with Crippen molar-refractivity contribution in [2.45, 2.75) is 117 Å². The molecule has 1 saturated heterocycles. The van der Waals surface area contributed by atoms with Gasteiger partial charge in [-0.05, 0) is 105 Å². The van der Waals surface area contributed by atoms with Crippen molar-refractivity contribution in [2.75, 3.05) is 19.6 Å². The molecule has 0 bridgehead atoms. The van der Waals surface area contributed by atoms with Gasteiger partial charge in [0.25, 0.3) is 0 Å². The predicted molar refractivity (Wildman–Crippen MR) is 148 cm³/mol. The number of amides is 2. The number of carbonyl (C=O) groups is 2. The fourth-order valence-electron chi connectivity index (χ4n) is 10.1. The summed E-state index contributed by atoms with van der Waals surface area (Å²) in [6.07, 6.45) is 14.2. The lowest BCUT2D eigenvalue weighted by Gasteiger charge is -2.58. The molecule has 5 aliphatic rings. The van der Waals surface area contributed by atoms with Crippen molar-refractivity contribution in [3.05, 3.63) is 11.6 Å². The van der Waals surface area contributed by atoms with Crippen LogP contribution in [0.15, 0.2) is 11.6 Å². The third-order valence-electron chi connectivity index (χ3n) is 12.3. The number of aliphatic hydroxyl groups excluding tert-OH is 1. The first-order chi connectivity index (χ1) is 17.6. The van der Waals surface area contributed by atoms with E-state index in [9.17, 15) is 14.7 Å². The van der Waals surface area contributed by atoms with Crippen LogP contribution in [-0.4, -0.2) is 58.5 Å². The molecule has 1 aliphatic heterocycles. The molecule has 0 aromatic rings. The van der Waals surface area contributed by atoms with E-state index in [4.69, 9.17) is 0 Å². The van der Waals surface area contributed by atoms with Crippen LogP contribution in [0.1, 0.15) is 105 Å². The lowest BCUT2D eigenvalue weighted by molar-refractivity contribution is -0.142. The molecule has 0 aromatic heterocycles. The molecule has 1 heterocycles. The largest absolute Gasteiger partial charge is 0.393 e. The second-order valence-electron chi connectivity index (χ2n) is 14.0. The molecule has 0 radical (unpaired) electrons. The highest BCUT2D eigenvalue weighted by Gasteiger charge is 2.59. The van der Waals surface area contributed by atoms with Gasteiger partial charge in [0.1, 0.15) is 0 Å². The van der Waals surface area contributed by atoms with Crippen LogP contribution in [0.2, 0.25) is 0 Å². The molecular formula is C32H52N2O3. The van der Waals surface area contributed by atoms with E-state index in [0.717, 1.165) is 49.4 Å². The Bertz CT molecular complexity index is 916. The van der Waals surface area contributed by atoms with Crippen molar-refractivity contribution in [1.29, 1.82) is 0 Å². The van der Waals surface area contributed by atoms with Gasteiger partial charge in [0.2, 0.25) is 11.8 Å². The molecule has 37 heavy (non-hydrogen) atoms. The van der Waals surface area contributed by atoms with E-state index in [-0.39, 0.29) is 24.0 Å². The van der Waals surface area contributed by atoms with E-state index < -0.39 is 0 Å². The molecule has 5 nitrogen and oxygen atoms in total. The normalized spacial score (nSPS) is 42.4. The van der Waals surface area contributed by atoms with Crippen molar-refractivity contribution in [1.82, 2.24) is 9.80 Å². The van der Waals surface area contributed by atoms with Gasteiger partial charge in [-0.1, -0.05) is 39.3 Å². The van der Waals surface area contributed by atoms with Crippen molar-refractivity contribution < 1.29 is 14.7 Å². The van der Waals surface area contributed by atoms with E-state index >= 15 is 0 Å². The molecule has 0 spiro atoms. The molecular weight excluding hydrogens is 460 g/mol. The maximum absolute atomic E-state index is 13.2. The zero-order valence-corrected chi connectivity index (χ0v) is 24.2. The van der Waals surface area contributed by atoms with Gasteiger partial charge in [0, 0.05) is 38.5 Å². The van der Waals surface area contributed by atoms with Crippen molar-refractivity contribution in [2.24, 2.45) is 40.4 Å². The maximum atomic E-state index is 13.2. The smallest absolute Gasteiger partial charge is 0.222 e. The highest BCUT2D eigenvalue weighted by Crippen LogP contribution is 2.67. The van der Waals surface area contributed by atoms with Gasteiger partial charge < -0.3 is 14.9 Å². The Kier molecular flexibility index (Phi) is 7.59. The molecule has 5 heteroatoms. The summed E-state index contributed by atoms with van der Waals surface area (Å²) in [4.78, 5) is 29.3. The number of aliphatic hydroxyl groups is 1. The average Bonchev–Trinajstić information content (AvgIpc) is 3.24. The minimum atomic E-state index is -0.130. The number of hydrogen-bond acceptors (Lipinski definition) is 3. The summed E-state index contributed by atoms with van der Waals surface area (Å²) in [5.74, 6) is 4.16. The number of hydrogen-bond donors (Lipinski definition) is 1. The Labute approximate surface area is 225 Å². The highest BCUT2D eigenvalue weighted by molar-refractivity contribution is 5.78. The number of allylic oxidation sites excluding steroid dienone is 1. The van der Waals surface area contributed by atoms with Crippen molar-refractivity contribution in [3.63, 3.8) is 0 Å². The van der Waals surface area contributed by atoms with Gasteiger partial charge in [-0.15, -0.1) is 0 Å². The fourth-order valence-corrected chi connectivity index (χ4v) is 10.1. The second kappa shape index (κ2) is 10.3. The average molecular weight is 513 g/mol. The van der Waals surface area contributed by atoms with E-state index in [1.54, 1.807) is 5.57 Å². The Balaban J connectivity index is 1.19. The highest BCUT2D eigenvalue weighted by atomic mass is 16.3. The molecule has 0 aromatic carbocycles. The first-order valence-electron chi connectivity index (χ1n) is 15.5. The van der Waals surface area contributed by atoms with Crippen LogP contribution in [-0.2, 0) is 9.59 Å². The zero-order valence-electron chi connectivity index (χ0n) is 24.2. The number of rotatable bonds is 5. The molecule has 3 saturated carbocycles. The van der Waals surface area contributed by atoms with Crippen LogP contribution in [0, 0.1) is 40.4 Å². The molecule has 1 N–H and O–H groups in total. The summed E-state index contributed by atoms with van der Waals surface area (Å²) < 4.78 is 0. The van der Waals surface area contributed by atoms with Crippen molar-refractivity contribution >= 4 is 11.8 Å². The summed E-state index contributed by atoms with van der Waals surface area (Å²) in [6.45, 7) is 13.6. The van der Waals surface area contributed by atoms with Gasteiger partial charge in [-0.3, -0.25) is 9.59 Å². The van der Waals surface area contributed by atoms with Gasteiger partial charge in [0.15, 0.2) is 0 Å². The van der Waals surface area contributed by atoms with E-state index in [1.807, 2.05) is 16.7 Å². The standard InChI is InChI=1S/C32H52N2O3/c1-6-29(36)34-18-17-33(20-22(34)3)30(37)12-7-21(2)26-10-11-27-25-9-8-23-19-24(35)13-15-31(23,4)28(25)14-16-32(26,27)5/h8,21-22,24-28,35H,6-7,9-20H2,1-5H3/t21-,22+,24+,25+,26-,27+,28+,31+,32-/m1/s1. The van der Waals surface area contributed by atoms with E-state index in [2.05, 4.69) is 33.8 Å². The molecule has 4 aliphatic carbocycles. The number of fused-ring (bicyclic) bond motifs is 5. The summed E-state index contributed by atoms with van der Waals surface area (Å²) in [5, 5.41) is 10.3. The molecule has 2 amide bonds. The third-order valence-corrected chi connectivity index (χ3v) is 12.3. The number of nitrogens with zero attached hydrogens (tertiary/aromatic N) is 2. The molecule has 208 valence electrons. The predicted octanol–water partition coefficient (Wildman–Crippen LogP) is 5.81. The van der Waals surface area contributed by atoms with Crippen LogP contribution < -0.4 is 0 Å². The first kappa shape index (κ1) is 27.2. The maximum Gasteiger partial charge on any atom is 0.222 e. The summed E-state index contributed by atoms with van der Waals surface area (Å²) >= 11 is 0. The Morgan fingerprint density at radius 3 is 2.59 bits per heavy atom. The Morgan fingerprint density at radius 1 is 1.08 bits per heavy atom. The summed E-state index contributed by atoms with van der Waals surface area (Å²) in [6, 6.07) is 0.117. The monoisotopic (exact) mass is 512 g/mol. The summed E-state index contributed by atoms with van der Waals surface area (Å²) in [5.41, 5.74) is 2.27.